The number of rotatable bonds is 3. The summed E-state index contributed by atoms with van der Waals surface area (Å²) in [6, 6.07) is 4.41. The fourth-order valence-electron chi connectivity index (χ4n) is 3.94. The van der Waals surface area contributed by atoms with Crippen LogP contribution in [0.4, 0.5) is 8.78 Å². The predicted octanol–water partition coefficient (Wildman–Crippen LogP) is 3.23. The van der Waals surface area contributed by atoms with E-state index in [1.807, 2.05) is 0 Å². The minimum atomic E-state index is -0.810. The Labute approximate surface area is 118 Å². The Morgan fingerprint density at radius 2 is 2.00 bits per heavy atom. The van der Waals surface area contributed by atoms with Crippen molar-refractivity contribution < 1.29 is 8.78 Å². The Kier molecular flexibility index (Phi) is 4.03. The van der Waals surface area contributed by atoms with Crippen LogP contribution in [0.5, 0.6) is 0 Å². The zero-order chi connectivity index (χ0) is 14.1. The standard InChI is InChI=1S/C16H22F2N2/c17-13-7-2-6-12(16(13)18)14(19)10-20-9-3-5-11-4-1-8-15(11)20/h2,6-7,11,14-15H,1,3-5,8-10,19H2. The van der Waals surface area contributed by atoms with Crippen LogP contribution in [0, 0.1) is 17.6 Å². The van der Waals surface area contributed by atoms with Crippen LogP contribution in [0.15, 0.2) is 18.2 Å². The highest BCUT2D eigenvalue weighted by molar-refractivity contribution is 5.22. The molecule has 2 nitrogen and oxygen atoms in total. The Morgan fingerprint density at radius 1 is 1.20 bits per heavy atom. The van der Waals surface area contributed by atoms with Crippen LogP contribution in [0.2, 0.25) is 0 Å². The van der Waals surface area contributed by atoms with Crippen molar-refractivity contribution in [3.8, 4) is 0 Å². The summed E-state index contributed by atoms with van der Waals surface area (Å²) in [5, 5.41) is 0. The Balaban J connectivity index is 1.72. The molecule has 4 heteroatoms. The number of benzene rings is 1. The van der Waals surface area contributed by atoms with E-state index in [0.717, 1.165) is 18.5 Å². The molecule has 0 bridgehead atoms. The molecule has 1 saturated heterocycles. The molecule has 2 fully saturated rings. The second-order valence-electron chi connectivity index (χ2n) is 6.15. The van der Waals surface area contributed by atoms with Crippen molar-refractivity contribution in [1.82, 2.24) is 4.90 Å². The highest BCUT2D eigenvalue weighted by Gasteiger charge is 2.35. The van der Waals surface area contributed by atoms with Gasteiger partial charge in [-0.15, -0.1) is 0 Å². The van der Waals surface area contributed by atoms with Gasteiger partial charge in [0.2, 0.25) is 0 Å². The first-order valence-corrected chi connectivity index (χ1v) is 7.60. The highest BCUT2D eigenvalue weighted by atomic mass is 19.2. The molecule has 1 aromatic rings. The lowest BCUT2D eigenvalue weighted by molar-refractivity contribution is 0.106. The van der Waals surface area contributed by atoms with Crippen LogP contribution in [0.25, 0.3) is 0 Å². The van der Waals surface area contributed by atoms with Crippen molar-refractivity contribution >= 4 is 0 Å². The van der Waals surface area contributed by atoms with E-state index < -0.39 is 17.7 Å². The zero-order valence-corrected chi connectivity index (χ0v) is 11.7. The van der Waals surface area contributed by atoms with E-state index in [1.165, 1.54) is 38.2 Å². The summed E-state index contributed by atoms with van der Waals surface area (Å²) >= 11 is 0. The molecule has 3 rings (SSSR count). The molecule has 0 spiro atoms. The largest absolute Gasteiger partial charge is 0.323 e. The molecule has 2 N–H and O–H groups in total. The summed E-state index contributed by atoms with van der Waals surface area (Å²) in [7, 11) is 0. The number of nitrogens with zero attached hydrogens (tertiary/aromatic N) is 1. The maximum Gasteiger partial charge on any atom is 0.163 e. The average Bonchev–Trinajstić information content (AvgIpc) is 2.91. The first-order chi connectivity index (χ1) is 9.66. The van der Waals surface area contributed by atoms with Gasteiger partial charge in [-0.1, -0.05) is 18.6 Å². The molecule has 110 valence electrons. The van der Waals surface area contributed by atoms with Gasteiger partial charge in [-0.2, -0.15) is 0 Å². The molecule has 1 aromatic carbocycles. The molecule has 2 aliphatic rings. The van der Waals surface area contributed by atoms with Crippen LogP contribution in [-0.4, -0.2) is 24.0 Å². The zero-order valence-electron chi connectivity index (χ0n) is 11.7. The van der Waals surface area contributed by atoms with Crippen molar-refractivity contribution in [3.05, 3.63) is 35.4 Å². The maximum absolute atomic E-state index is 13.8. The number of piperidine rings is 1. The van der Waals surface area contributed by atoms with Gasteiger partial charge in [0, 0.05) is 24.2 Å². The van der Waals surface area contributed by atoms with Gasteiger partial charge in [0.1, 0.15) is 0 Å². The molecule has 3 atom stereocenters. The van der Waals surface area contributed by atoms with Gasteiger partial charge in [0.05, 0.1) is 0 Å². The summed E-state index contributed by atoms with van der Waals surface area (Å²) in [4.78, 5) is 2.40. The van der Waals surface area contributed by atoms with Crippen molar-refractivity contribution in [2.75, 3.05) is 13.1 Å². The number of likely N-dealkylation sites (tertiary alicyclic amines) is 1. The smallest absolute Gasteiger partial charge is 0.163 e. The number of hydrogen-bond acceptors (Lipinski definition) is 2. The van der Waals surface area contributed by atoms with E-state index in [-0.39, 0.29) is 0 Å². The van der Waals surface area contributed by atoms with Crippen molar-refractivity contribution in [2.24, 2.45) is 11.7 Å². The maximum atomic E-state index is 13.8. The third-order valence-corrected chi connectivity index (χ3v) is 4.92. The van der Waals surface area contributed by atoms with Gasteiger partial charge in [-0.3, -0.25) is 4.90 Å². The van der Waals surface area contributed by atoms with E-state index in [2.05, 4.69) is 4.90 Å². The van der Waals surface area contributed by atoms with Crippen LogP contribution in [-0.2, 0) is 0 Å². The SMILES string of the molecule is NC(CN1CCCC2CCCC21)c1cccc(F)c1F. The first kappa shape index (κ1) is 14.0. The van der Waals surface area contributed by atoms with E-state index in [9.17, 15) is 8.78 Å². The van der Waals surface area contributed by atoms with Crippen molar-refractivity contribution in [3.63, 3.8) is 0 Å². The van der Waals surface area contributed by atoms with Gasteiger partial charge in [0.25, 0.3) is 0 Å². The quantitative estimate of drug-likeness (QED) is 0.921. The van der Waals surface area contributed by atoms with Crippen molar-refractivity contribution in [2.45, 2.75) is 44.2 Å². The van der Waals surface area contributed by atoms with Gasteiger partial charge in [-0.05, 0) is 44.2 Å². The summed E-state index contributed by atoms with van der Waals surface area (Å²) in [5.41, 5.74) is 6.43. The number of fused-ring (bicyclic) bond motifs is 1. The summed E-state index contributed by atoms with van der Waals surface area (Å²) in [6.45, 7) is 1.66. The lowest BCUT2D eigenvalue weighted by Crippen LogP contribution is -2.45. The Hall–Kier alpha value is -1.00. The third kappa shape index (κ3) is 2.59. The third-order valence-electron chi connectivity index (χ3n) is 4.92. The molecule has 0 radical (unpaired) electrons. The van der Waals surface area contributed by atoms with E-state index in [1.54, 1.807) is 6.07 Å². The lowest BCUT2D eigenvalue weighted by atomic mass is 9.91. The molecule has 1 heterocycles. The van der Waals surface area contributed by atoms with Crippen LogP contribution < -0.4 is 5.73 Å². The average molecular weight is 280 g/mol. The predicted molar refractivity (Wildman–Crippen MR) is 75.2 cm³/mol. The molecule has 3 unspecified atom stereocenters. The first-order valence-electron chi connectivity index (χ1n) is 7.60. The molecule has 0 amide bonds. The molecule has 1 aliphatic heterocycles. The minimum Gasteiger partial charge on any atom is -0.323 e. The monoisotopic (exact) mass is 280 g/mol. The fourth-order valence-corrected chi connectivity index (χ4v) is 3.94. The van der Waals surface area contributed by atoms with E-state index >= 15 is 0 Å². The Bertz CT molecular complexity index is 478. The number of nitrogens with two attached hydrogens (primary N) is 1. The second-order valence-corrected chi connectivity index (χ2v) is 6.15. The van der Waals surface area contributed by atoms with Gasteiger partial charge in [0.15, 0.2) is 11.6 Å². The summed E-state index contributed by atoms with van der Waals surface area (Å²) < 4.78 is 27.1. The van der Waals surface area contributed by atoms with Gasteiger partial charge < -0.3 is 5.73 Å². The molecular weight excluding hydrogens is 258 g/mol. The molecule has 0 aromatic heterocycles. The molecule has 1 saturated carbocycles. The van der Waals surface area contributed by atoms with Gasteiger partial charge in [-0.25, -0.2) is 8.78 Å². The van der Waals surface area contributed by atoms with E-state index in [4.69, 9.17) is 5.73 Å². The molecular formula is C16H22F2N2. The number of halogens is 2. The van der Waals surface area contributed by atoms with Gasteiger partial charge >= 0.3 is 0 Å². The van der Waals surface area contributed by atoms with Crippen LogP contribution >= 0.6 is 0 Å². The fraction of sp³-hybridized carbons (Fsp3) is 0.625. The minimum absolute atomic E-state index is 0.296. The molecule has 1 aliphatic carbocycles. The Morgan fingerprint density at radius 3 is 2.85 bits per heavy atom. The normalized spacial score (nSPS) is 28.4. The van der Waals surface area contributed by atoms with E-state index in [0.29, 0.717) is 18.2 Å². The topological polar surface area (TPSA) is 29.3 Å². The van der Waals surface area contributed by atoms with Crippen LogP contribution in [0.3, 0.4) is 0 Å². The molecule has 20 heavy (non-hydrogen) atoms. The summed E-state index contributed by atoms with van der Waals surface area (Å²) in [5.74, 6) is -0.816. The highest BCUT2D eigenvalue weighted by Crippen LogP contribution is 2.37. The summed E-state index contributed by atoms with van der Waals surface area (Å²) in [6.07, 6.45) is 6.33. The lowest BCUT2D eigenvalue weighted by Gasteiger charge is -2.39. The van der Waals surface area contributed by atoms with Crippen molar-refractivity contribution in [1.29, 1.82) is 0 Å². The van der Waals surface area contributed by atoms with Crippen LogP contribution in [0.1, 0.15) is 43.7 Å². The second kappa shape index (κ2) is 5.78. The number of hydrogen-bond donors (Lipinski definition) is 1.